The quantitative estimate of drug-likeness (QED) is 0.121. The van der Waals surface area contributed by atoms with Crippen LogP contribution in [0.2, 0.25) is 0 Å². The van der Waals surface area contributed by atoms with Crippen LogP contribution >= 0.6 is 0 Å². The molecular weight excluding hydrogens is 857 g/mol. The predicted molar refractivity (Wildman–Crippen MR) is 299 cm³/mol. The van der Waals surface area contributed by atoms with Crippen LogP contribution in [-0.4, -0.2) is 0 Å². The van der Waals surface area contributed by atoms with Gasteiger partial charge in [0.1, 0.15) is 0 Å². The van der Waals surface area contributed by atoms with Crippen molar-refractivity contribution in [3.8, 4) is 11.1 Å². The summed E-state index contributed by atoms with van der Waals surface area (Å²) in [4.78, 5) is 5.05. The Kier molecular flexibility index (Phi) is 8.99. The molecule has 10 aromatic rings. The number of nitrogens with zero attached hydrogens (tertiary/aromatic N) is 2. The smallest absolute Gasteiger partial charge is 0.0540 e. The number of hydrogen-bond acceptors (Lipinski definition) is 2. The van der Waals surface area contributed by atoms with Crippen LogP contribution in [0.15, 0.2) is 236 Å². The van der Waals surface area contributed by atoms with E-state index in [0.29, 0.717) is 0 Å². The minimum atomic E-state index is -0.415. The summed E-state index contributed by atoms with van der Waals surface area (Å²) < 4.78 is 0. The van der Waals surface area contributed by atoms with Gasteiger partial charge in [-0.25, -0.2) is 0 Å². The Morgan fingerprint density at radius 1 is 0.493 bits per heavy atom. The average Bonchev–Trinajstić information content (AvgIpc) is 3.73. The lowest BCUT2D eigenvalue weighted by atomic mass is 9.62. The van der Waals surface area contributed by atoms with Gasteiger partial charge in [-0.2, -0.15) is 0 Å². The van der Waals surface area contributed by atoms with Gasteiger partial charge < -0.3 is 9.80 Å². The van der Waals surface area contributed by atoms with Crippen LogP contribution in [0, 0.1) is 5.92 Å². The lowest BCUT2D eigenvalue weighted by molar-refractivity contribution is 0.457. The third-order valence-electron chi connectivity index (χ3n) is 16.6. The summed E-state index contributed by atoms with van der Waals surface area (Å²) in [6, 6.07) is 71.5. The highest BCUT2D eigenvalue weighted by atomic mass is 15.2. The van der Waals surface area contributed by atoms with Crippen molar-refractivity contribution in [2.75, 3.05) is 9.80 Å². The Bertz CT molecular complexity index is 3950. The van der Waals surface area contributed by atoms with Crippen LogP contribution in [-0.2, 0) is 18.3 Å². The van der Waals surface area contributed by atoms with E-state index < -0.39 is 5.41 Å². The number of anilines is 5. The van der Waals surface area contributed by atoms with Crippen LogP contribution in [0.3, 0.4) is 0 Å². The van der Waals surface area contributed by atoms with Gasteiger partial charge in [0.15, 0.2) is 0 Å². The molecule has 3 aliphatic carbocycles. The molecule has 0 saturated carbocycles. The predicted octanol–water partition coefficient (Wildman–Crippen LogP) is 17.9. The minimum Gasteiger partial charge on any atom is -0.310 e. The number of allylic oxidation sites excluding steroid dienone is 7. The maximum atomic E-state index is 2.55. The van der Waals surface area contributed by atoms with Crippen LogP contribution in [0.5, 0.6) is 0 Å². The van der Waals surface area contributed by atoms with Crippen molar-refractivity contribution in [2.45, 2.75) is 37.5 Å². The summed E-state index contributed by atoms with van der Waals surface area (Å²) in [5.74, 6) is 0.219. The summed E-state index contributed by atoms with van der Waals surface area (Å²) in [6.07, 6.45) is 23.9. The molecule has 2 heteroatoms. The number of rotatable bonds is 6. The Labute approximate surface area is 415 Å². The van der Waals surface area contributed by atoms with Crippen molar-refractivity contribution in [3.63, 3.8) is 0 Å². The van der Waals surface area contributed by atoms with E-state index in [4.69, 9.17) is 0 Å². The number of para-hydroxylation sites is 3. The van der Waals surface area contributed by atoms with Gasteiger partial charge >= 0.3 is 0 Å². The number of fused-ring (bicyclic) bond motifs is 6. The fraction of sp³-hybridized carbons (Fsp3) is 0.101. The zero-order valence-corrected chi connectivity index (χ0v) is 39.5. The van der Waals surface area contributed by atoms with E-state index in [1.165, 1.54) is 128 Å². The summed E-state index contributed by atoms with van der Waals surface area (Å²) in [6.45, 7) is 0. The second-order valence-electron chi connectivity index (χ2n) is 20.2. The van der Waals surface area contributed by atoms with Gasteiger partial charge in [-0.05, 0) is 168 Å². The van der Waals surface area contributed by atoms with Crippen LogP contribution in [0.1, 0.15) is 63.8 Å². The van der Waals surface area contributed by atoms with Crippen molar-refractivity contribution in [2.24, 2.45) is 5.92 Å². The largest absolute Gasteiger partial charge is 0.310 e. The molecule has 2 unspecified atom stereocenters. The number of benzene rings is 10. The van der Waals surface area contributed by atoms with Crippen molar-refractivity contribution in [1.29, 1.82) is 0 Å². The molecule has 0 aromatic heterocycles. The maximum absolute atomic E-state index is 2.55. The molecule has 2 nitrogen and oxygen atoms in total. The highest BCUT2D eigenvalue weighted by Crippen LogP contribution is 2.60. The first-order chi connectivity index (χ1) is 35.2. The van der Waals surface area contributed by atoms with E-state index in [1.54, 1.807) is 0 Å². The fourth-order valence-electron chi connectivity index (χ4n) is 13.4. The first-order valence-corrected chi connectivity index (χ1v) is 25.5. The zero-order valence-electron chi connectivity index (χ0n) is 39.5. The Hall–Kier alpha value is -8.46. The SMILES string of the molecule is C1=CCC(C2(c3ccccc3)c3cc(/C=C/c4ccc5ccc6c(N7c8ccccc8Cc8ccccc87)ccc7ccc4c5c76)ccc3-c3ccc(N4C5=C(CCC=C5)Cc5ccccc54)cc32)C=C1. The van der Waals surface area contributed by atoms with E-state index >= 15 is 0 Å². The fourth-order valence-corrected chi connectivity index (χ4v) is 13.4. The Morgan fingerprint density at radius 3 is 1.90 bits per heavy atom. The standard InChI is InChI=1S/C69H50N2/c1-3-19-53(20-4-1)69(54-21-5-2-6-22-54)60-41-45(28-36-57(60)58-39-35-55(44-61(58)69)70-62-23-11-7-15-49(62)42-50-16-8-12-24-63(50)70)27-29-46-30-31-47-33-38-59-66(40-34-48-32-37-56(46)67(47)68(48)59)71-64-25-13-9-17-51(64)43-52-18-10-14-26-65(52)71/h1-7,9-15,17-21,23-41,44,54H,8,16,22,42-43H2/b29-27+. The topological polar surface area (TPSA) is 6.48 Å². The van der Waals surface area contributed by atoms with E-state index in [9.17, 15) is 0 Å². The van der Waals surface area contributed by atoms with Crippen molar-refractivity contribution >= 4 is 72.9 Å². The molecule has 0 fully saturated rings. The van der Waals surface area contributed by atoms with Gasteiger partial charge in [-0.3, -0.25) is 0 Å². The lowest BCUT2D eigenvalue weighted by Crippen LogP contribution is -2.36. The summed E-state index contributed by atoms with van der Waals surface area (Å²) in [5, 5.41) is 7.73. The molecular formula is C69H50N2. The average molecular weight is 907 g/mol. The molecule has 0 spiro atoms. The van der Waals surface area contributed by atoms with Crippen LogP contribution in [0.25, 0.3) is 55.6 Å². The van der Waals surface area contributed by atoms with Gasteiger partial charge in [0, 0.05) is 40.3 Å². The molecule has 0 radical (unpaired) electrons. The van der Waals surface area contributed by atoms with Gasteiger partial charge in [0.2, 0.25) is 0 Å². The van der Waals surface area contributed by atoms with Crippen LogP contribution < -0.4 is 9.80 Å². The van der Waals surface area contributed by atoms with Gasteiger partial charge in [0.25, 0.3) is 0 Å². The van der Waals surface area contributed by atoms with E-state index in [-0.39, 0.29) is 5.92 Å². The van der Waals surface area contributed by atoms with Gasteiger partial charge in [-0.1, -0.05) is 188 Å². The Balaban J connectivity index is 0.876. The van der Waals surface area contributed by atoms with E-state index in [2.05, 4.69) is 246 Å². The summed E-state index contributed by atoms with van der Waals surface area (Å²) >= 11 is 0. The Morgan fingerprint density at radius 2 is 1.14 bits per heavy atom. The van der Waals surface area contributed by atoms with Crippen molar-refractivity contribution in [1.82, 2.24) is 0 Å². The molecule has 336 valence electrons. The minimum absolute atomic E-state index is 0.219. The zero-order chi connectivity index (χ0) is 46.6. The third kappa shape index (κ3) is 6.01. The molecule has 71 heavy (non-hydrogen) atoms. The van der Waals surface area contributed by atoms with Gasteiger partial charge in [0.05, 0.1) is 11.1 Å². The lowest BCUT2D eigenvalue weighted by Gasteiger charge is -2.41. The van der Waals surface area contributed by atoms with Crippen molar-refractivity contribution in [3.05, 3.63) is 280 Å². The normalized spacial score (nSPS) is 18.6. The monoisotopic (exact) mass is 906 g/mol. The molecule has 15 rings (SSSR count). The summed E-state index contributed by atoms with van der Waals surface area (Å²) in [7, 11) is 0. The molecule has 5 aliphatic rings. The van der Waals surface area contributed by atoms with E-state index in [0.717, 1.165) is 32.1 Å². The summed E-state index contributed by atoms with van der Waals surface area (Å²) in [5.41, 5.74) is 22.0. The molecule has 2 aliphatic heterocycles. The molecule has 2 heterocycles. The highest BCUT2D eigenvalue weighted by Gasteiger charge is 2.49. The van der Waals surface area contributed by atoms with E-state index in [1.807, 2.05) is 0 Å². The maximum Gasteiger partial charge on any atom is 0.0540 e. The first-order valence-electron chi connectivity index (χ1n) is 25.5. The number of hydrogen-bond donors (Lipinski definition) is 0. The second kappa shape index (κ2) is 15.8. The highest BCUT2D eigenvalue weighted by molar-refractivity contribution is 6.27. The molecule has 2 atom stereocenters. The first kappa shape index (κ1) is 40.4. The molecule has 0 bridgehead atoms. The second-order valence-corrected chi connectivity index (χ2v) is 20.2. The molecule has 10 aromatic carbocycles. The molecule has 0 N–H and O–H groups in total. The molecule has 0 saturated heterocycles. The third-order valence-corrected chi connectivity index (χ3v) is 16.6. The molecule has 0 amide bonds. The van der Waals surface area contributed by atoms with Crippen molar-refractivity contribution < 1.29 is 0 Å². The van der Waals surface area contributed by atoms with Gasteiger partial charge in [-0.15, -0.1) is 0 Å². The van der Waals surface area contributed by atoms with Crippen LogP contribution in [0.4, 0.5) is 28.4 Å².